The molecule has 0 saturated heterocycles. The minimum absolute atomic E-state index is 0.0884. The quantitative estimate of drug-likeness (QED) is 0.327. The lowest BCUT2D eigenvalue weighted by Gasteiger charge is -1.99. The molecule has 8 nitrogen and oxygen atoms in total. The Morgan fingerprint density at radius 2 is 1.67 bits per heavy atom. The molecule has 0 atom stereocenters. The van der Waals surface area contributed by atoms with Crippen molar-refractivity contribution in [3.05, 3.63) is 12.8 Å². The number of hydrogen-bond donors (Lipinski definition) is 4. The van der Waals surface area contributed by atoms with Crippen molar-refractivity contribution in [3.63, 3.8) is 0 Å². The maximum Gasteiger partial charge on any atom is 0.524 e. The van der Waals surface area contributed by atoms with Crippen LogP contribution in [0, 0.1) is 0 Å². The van der Waals surface area contributed by atoms with Gasteiger partial charge in [-0.2, -0.15) is 0 Å². The third-order valence-electron chi connectivity index (χ3n) is 0.548. The van der Waals surface area contributed by atoms with Crippen molar-refractivity contribution >= 4 is 27.2 Å². The normalized spacial score (nSPS) is 11.3. The minimum atomic E-state index is -4.28. The number of rotatable bonds is 5. The highest BCUT2D eigenvalue weighted by atomic mass is 35.5. The van der Waals surface area contributed by atoms with Crippen molar-refractivity contribution in [3.8, 4) is 0 Å². The number of hydrogen-bond acceptors (Lipinski definition) is 4. The fourth-order valence-electron chi connectivity index (χ4n) is 0.251. The molecule has 0 aromatic carbocycles. The zero-order valence-corrected chi connectivity index (χ0v) is 9.94. The van der Waals surface area contributed by atoms with Crippen LogP contribution in [0.3, 0.4) is 0 Å². The van der Waals surface area contributed by atoms with E-state index < -0.39 is 15.6 Å². The Labute approximate surface area is 91.0 Å². The first-order valence-electron chi connectivity index (χ1n) is 3.23. The molecule has 0 bridgehead atoms. The van der Waals surface area contributed by atoms with Crippen molar-refractivity contribution in [2.24, 2.45) is 0 Å². The Morgan fingerprint density at radius 3 is 1.73 bits per heavy atom. The van der Waals surface area contributed by atoms with E-state index in [1.807, 2.05) is 0 Å². The van der Waals surface area contributed by atoms with Crippen LogP contribution in [0.5, 0.6) is 0 Å². The van der Waals surface area contributed by atoms with Crippen LogP contribution in [0.4, 0.5) is 0 Å². The van der Waals surface area contributed by atoms with Gasteiger partial charge in [0.15, 0.2) is 0 Å². The Kier molecular flexibility index (Phi) is 9.63. The summed E-state index contributed by atoms with van der Waals surface area (Å²) in [5.41, 5.74) is 0. The highest BCUT2D eigenvalue weighted by molar-refractivity contribution is 7.46. The predicted molar refractivity (Wildman–Crippen MR) is 52.0 cm³/mol. The number of phosphoric acid groups is 2. The molecule has 0 spiro atoms. The first-order chi connectivity index (χ1) is 6.62. The van der Waals surface area contributed by atoms with E-state index in [2.05, 4.69) is 15.6 Å². The van der Waals surface area contributed by atoms with E-state index in [0.717, 1.165) is 0 Å². The molecule has 0 fully saturated rings. The van der Waals surface area contributed by atoms with Gasteiger partial charge in [0, 0.05) is 5.88 Å². The lowest BCUT2D eigenvalue weighted by Crippen LogP contribution is -1.91. The summed E-state index contributed by atoms with van der Waals surface area (Å²) in [5, 5.41) is 0. The van der Waals surface area contributed by atoms with Gasteiger partial charge in [0.05, 0.1) is 12.9 Å². The molecule has 0 aliphatic carbocycles. The van der Waals surface area contributed by atoms with Crippen LogP contribution in [-0.4, -0.2) is 32.1 Å². The Morgan fingerprint density at radius 1 is 1.20 bits per heavy atom. The van der Waals surface area contributed by atoms with Gasteiger partial charge in [0.25, 0.3) is 0 Å². The Balaban J connectivity index is 0. The fraction of sp³-hybridized carbons (Fsp3) is 0.500. The van der Waals surface area contributed by atoms with Crippen LogP contribution in [0.15, 0.2) is 12.8 Å². The molecule has 0 unspecified atom stereocenters. The van der Waals surface area contributed by atoms with E-state index in [-0.39, 0.29) is 12.5 Å². The van der Waals surface area contributed by atoms with Gasteiger partial charge < -0.3 is 14.3 Å². The molecule has 92 valence electrons. The van der Waals surface area contributed by atoms with Crippen LogP contribution in [0.1, 0.15) is 0 Å². The third kappa shape index (κ3) is 24.9. The van der Waals surface area contributed by atoms with E-state index in [1.165, 1.54) is 0 Å². The molecule has 11 heteroatoms. The van der Waals surface area contributed by atoms with E-state index in [9.17, 15) is 9.13 Å². The second-order valence-electron chi connectivity index (χ2n) is 1.78. The molecule has 0 aromatic heterocycles. The van der Waals surface area contributed by atoms with Gasteiger partial charge in [0.2, 0.25) is 0 Å². The molecular formula is C4H11ClO8P2. The summed E-state index contributed by atoms with van der Waals surface area (Å²) < 4.78 is 27.0. The summed E-state index contributed by atoms with van der Waals surface area (Å²) in [5.74, 6) is 0.0884. The molecule has 0 aliphatic rings. The maximum atomic E-state index is 9.80. The molecule has 4 N–H and O–H groups in total. The molecule has 0 radical (unpaired) electrons. The first-order valence-corrected chi connectivity index (χ1v) is 6.83. The second-order valence-corrected chi connectivity index (χ2v) is 4.58. The van der Waals surface area contributed by atoms with Gasteiger partial charge in [-0.25, -0.2) is 9.13 Å². The van der Waals surface area contributed by atoms with Gasteiger partial charge in [-0.15, -0.1) is 11.6 Å². The van der Waals surface area contributed by atoms with Crippen LogP contribution in [0.25, 0.3) is 0 Å². The lowest BCUT2D eigenvalue weighted by molar-refractivity contribution is 0.207. The molecule has 0 heterocycles. The molecule has 0 aromatic rings. The molecule has 15 heavy (non-hydrogen) atoms. The van der Waals surface area contributed by atoms with E-state index >= 15 is 0 Å². The van der Waals surface area contributed by atoms with Crippen LogP contribution in [-0.2, 0) is 18.2 Å². The van der Waals surface area contributed by atoms with Gasteiger partial charge in [-0.1, -0.05) is 6.58 Å². The van der Waals surface area contributed by atoms with Gasteiger partial charge >= 0.3 is 15.6 Å². The van der Waals surface area contributed by atoms with Crippen molar-refractivity contribution in [1.29, 1.82) is 0 Å². The highest BCUT2D eigenvalue weighted by Gasteiger charge is 2.11. The van der Waals surface area contributed by atoms with Crippen molar-refractivity contribution in [2.45, 2.75) is 0 Å². The van der Waals surface area contributed by atoms with Crippen molar-refractivity contribution < 1.29 is 37.8 Å². The average molecular weight is 285 g/mol. The minimum Gasteiger partial charge on any atom is -0.413 e. The molecule has 0 rings (SSSR count). The zero-order valence-electron chi connectivity index (χ0n) is 7.39. The maximum absolute atomic E-state index is 9.80. The van der Waals surface area contributed by atoms with E-state index in [0.29, 0.717) is 6.26 Å². The SMILES string of the molecule is C=COP(=O)(O)O.O=P(O)(O)OCCCl. The third-order valence-corrected chi connectivity index (χ3v) is 1.65. The number of phosphoric ester groups is 2. The fourth-order valence-corrected chi connectivity index (χ4v) is 0.959. The first kappa shape index (κ1) is 17.5. The summed E-state index contributed by atoms with van der Waals surface area (Å²) in [6, 6.07) is 0. The summed E-state index contributed by atoms with van der Waals surface area (Å²) in [4.78, 5) is 31.6. The van der Waals surface area contributed by atoms with Gasteiger partial charge in [-0.3, -0.25) is 14.3 Å². The monoisotopic (exact) mass is 284 g/mol. The number of halogens is 1. The summed E-state index contributed by atoms with van der Waals surface area (Å²) >= 11 is 5.04. The topological polar surface area (TPSA) is 134 Å². The largest absolute Gasteiger partial charge is 0.524 e. The van der Waals surface area contributed by atoms with Gasteiger partial charge in [0.1, 0.15) is 0 Å². The summed E-state index contributed by atoms with van der Waals surface area (Å²) in [7, 11) is -8.55. The zero-order chi connectivity index (χ0) is 12.5. The average Bonchev–Trinajstić information content (AvgIpc) is 1.98. The summed E-state index contributed by atoms with van der Waals surface area (Å²) in [6.45, 7) is 2.81. The van der Waals surface area contributed by atoms with Crippen LogP contribution < -0.4 is 0 Å². The van der Waals surface area contributed by atoms with Crippen molar-refractivity contribution in [2.75, 3.05) is 12.5 Å². The molecule has 0 saturated carbocycles. The van der Waals surface area contributed by atoms with Crippen LogP contribution in [0.2, 0.25) is 0 Å². The predicted octanol–water partition coefficient (Wildman–Crippen LogP) is 0.574. The van der Waals surface area contributed by atoms with E-state index in [1.54, 1.807) is 0 Å². The summed E-state index contributed by atoms with van der Waals surface area (Å²) in [6.07, 6.45) is 0.695. The lowest BCUT2D eigenvalue weighted by atomic mass is 10.9. The van der Waals surface area contributed by atoms with Crippen molar-refractivity contribution in [1.82, 2.24) is 0 Å². The van der Waals surface area contributed by atoms with Crippen LogP contribution >= 0.6 is 27.2 Å². The number of alkyl halides is 1. The van der Waals surface area contributed by atoms with Gasteiger partial charge in [-0.05, 0) is 0 Å². The Hall–Kier alpha value is 0.0900. The molecule has 0 aliphatic heterocycles. The molecular weight excluding hydrogens is 273 g/mol. The smallest absolute Gasteiger partial charge is 0.413 e. The van der Waals surface area contributed by atoms with E-state index in [4.69, 9.17) is 31.2 Å². The highest BCUT2D eigenvalue weighted by Crippen LogP contribution is 2.35. The Bertz CT molecular complexity index is 255. The second kappa shape index (κ2) is 8.27. The standard InChI is InChI=1S/C2H6ClO4P.C2H5O4P/c3-1-2-7-8(4,5)6;1-2-6-7(3,4)5/h1-2H2,(H2,4,5,6);2H,1H2,(H2,3,4,5). The molecule has 0 amide bonds.